The van der Waals surface area contributed by atoms with E-state index >= 15 is 0 Å². The SMILES string of the molecule is CN(C)c1nc(Cl)nc(NCCc2cscn2)n1. The van der Waals surface area contributed by atoms with Crippen molar-refractivity contribution in [3.05, 3.63) is 21.9 Å². The van der Waals surface area contributed by atoms with E-state index in [0.717, 1.165) is 12.1 Å². The van der Waals surface area contributed by atoms with Gasteiger partial charge < -0.3 is 10.2 Å². The van der Waals surface area contributed by atoms with Crippen LogP contribution in [0.5, 0.6) is 0 Å². The first-order valence-corrected chi connectivity index (χ1v) is 6.67. The number of nitrogens with one attached hydrogen (secondary N) is 1. The molecule has 1 N–H and O–H groups in total. The van der Waals surface area contributed by atoms with E-state index in [4.69, 9.17) is 11.6 Å². The second kappa shape index (κ2) is 5.92. The molecule has 18 heavy (non-hydrogen) atoms. The molecule has 2 rings (SSSR count). The third-order valence-electron chi connectivity index (χ3n) is 2.14. The third-order valence-corrected chi connectivity index (χ3v) is 2.95. The maximum atomic E-state index is 5.83. The molecule has 0 radical (unpaired) electrons. The van der Waals surface area contributed by atoms with Crippen molar-refractivity contribution in [3.63, 3.8) is 0 Å². The number of aromatic nitrogens is 4. The predicted octanol–water partition coefficient (Wildman–Crippen LogP) is 1.70. The topological polar surface area (TPSA) is 66.8 Å². The molecule has 0 amide bonds. The van der Waals surface area contributed by atoms with Gasteiger partial charge in [-0.05, 0) is 11.6 Å². The lowest BCUT2D eigenvalue weighted by Gasteiger charge is -2.11. The predicted molar refractivity (Wildman–Crippen MR) is 73.5 cm³/mol. The Bertz CT molecular complexity index is 501. The molecule has 0 saturated carbocycles. The molecule has 0 aliphatic heterocycles. The fourth-order valence-electron chi connectivity index (χ4n) is 1.28. The van der Waals surface area contributed by atoms with Crippen LogP contribution in [0.4, 0.5) is 11.9 Å². The first-order valence-electron chi connectivity index (χ1n) is 5.35. The Kier molecular flexibility index (Phi) is 4.27. The molecule has 8 heteroatoms. The summed E-state index contributed by atoms with van der Waals surface area (Å²) in [6.07, 6.45) is 0.824. The Morgan fingerprint density at radius 2 is 2.17 bits per heavy atom. The van der Waals surface area contributed by atoms with Crippen molar-refractivity contribution in [2.24, 2.45) is 0 Å². The number of anilines is 2. The van der Waals surface area contributed by atoms with Gasteiger partial charge in [0.15, 0.2) is 0 Å². The van der Waals surface area contributed by atoms with Gasteiger partial charge >= 0.3 is 0 Å². The number of hydrogen-bond donors (Lipinski definition) is 1. The second-order valence-corrected chi connectivity index (χ2v) is 4.84. The van der Waals surface area contributed by atoms with Gasteiger partial charge in [0.2, 0.25) is 17.2 Å². The Balaban J connectivity index is 1.96. The largest absolute Gasteiger partial charge is 0.354 e. The van der Waals surface area contributed by atoms with E-state index in [1.165, 1.54) is 0 Å². The van der Waals surface area contributed by atoms with E-state index in [9.17, 15) is 0 Å². The minimum Gasteiger partial charge on any atom is -0.354 e. The molecule has 2 aromatic heterocycles. The molecular formula is C10H13ClN6S. The lowest BCUT2D eigenvalue weighted by Crippen LogP contribution is -2.16. The van der Waals surface area contributed by atoms with Gasteiger partial charge in [0.25, 0.3) is 0 Å². The summed E-state index contributed by atoms with van der Waals surface area (Å²) in [4.78, 5) is 18.3. The van der Waals surface area contributed by atoms with Crippen LogP contribution in [-0.2, 0) is 6.42 Å². The van der Waals surface area contributed by atoms with Gasteiger partial charge in [0, 0.05) is 32.4 Å². The van der Waals surface area contributed by atoms with Gasteiger partial charge in [-0.25, -0.2) is 4.98 Å². The summed E-state index contributed by atoms with van der Waals surface area (Å²) in [5.74, 6) is 1.01. The van der Waals surface area contributed by atoms with Crippen molar-refractivity contribution in [2.75, 3.05) is 30.9 Å². The van der Waals surface area contributed by atoms with Crippen LogP contribution in [0.2, 0.25) is 5.28 Å². The highest BCUT2D eigenvalue weighted by atomic mass is 35.5. The Morgan fingerprint density at radius 1 is 1.33 bits per heavy atom. The zero-order chi connectivity index (χ0) is 13.0. The first-order chi connectivity index (χ1) is 8.65. The van der Waals surface area contributed by atoms with Crippen molar-refractivity contribution >= 4 is 34.8 Å². The smallest absolute Gasteiger partial charge is 0.230 e. The molecule has 0 fully saturated rings. The third kappa shape index (κ3) is 3.51. The van der Waals surface area contributed by atoms with E-state index in [2.05, 4.69) is 25.3 Å². The average molecular weight is 285 g/mol. The number of hydrogen-bond acceptors (Lipinski definition) is 7. The lowest BCUT2D eigenvalue weighted by atomic mass is 10.3. The van der Waals surface area contributed by atoms with Crippen molar-refractivity contribution in [2.45, 2.75) is 6.42 Å². The van der Waals surface area contributed by atoms with Gasteiger partial charge in [0.05, 0.1) is 11.2 Å². The minimum absolute atomic E-state index is 0.185. The molecule has 0 aliphatic rings. The zero-order valence-electron chi connectivity index (χ0n) is 10.1. The fraction of sp³-hybridized carbons (Fsp3) is 0.400. The highest BCUT2D eigenvalue weighted by Crippen LogP contribution is 2.11. The van der Waals surface area contributed by atoms with Crippen LogP contribution < -0.4 is 10.2 Å². The summed E-state index contributed by atoms with van der Waals surface area (Å²) >= 11 is 7.42. The van der Waals surface area contributed by atoms with E-state index in [-0.39, 0.29) is 5.28 Å². The number of halogens is 1. The van der Waals surface area contributed by atoms with E-state index < -0.39 is 0 Å². The van der Waals surface area contributed by atoms with E-state index in [1.54, 1.807) is 16.2 Å². The monoisotopic (exact) mass is 284 g/mol. The molecule has 2 heterocycles. The van der Waals surface area contributed by atoms with Gasteiger partial charge in [0.1, 0.15) is 0 Å². The van der Waals surface area contributed by atoms with Crippen LogP contribution in [0.1, 0.15) is 5.69 Å². The second-order valence-electron chi connectivity index (χ2n) is 3.78. The maximum Gasteiger partial charge on any atom is 0.230 e. The zero-order valence-corrected chi connectivity index (χ0v) is 11.7. The molecule has 0 bridgehead atoms. The highest BCUT2D eigenvalue weighted by Gasteiger charge is 2.06. The van der Waals surface area contributed by atoms with Gasteiger partial charge in [-0.1, -0.05) is 0 Å². The standard InChI is InChI=1S/C10H13ClN6S/c1-17(2)10-15-8(11)14-9(16-10)12-4-3-7-5-18-6-13-7/h5-6H,3-4H2,1-2H3,(H,12,14,15,16). The van der Waals surface area contributed by atoms with Gasteiger partial charge in [-0.15, -0.1) is 11.3 Å². The van der Waals surface area contributed by atoms with Crippen LogP contribution in [0.25, 0.3) is 0 Å². The molecule has 0 aromatic carbocycles. The van der Waals surface area contributed by atoms with Gasteiger partial charge in [-0.2, -0.15) is 15.0 Å². The van der Waals surface area contributed by atoms with Crippen LogP contribution in [0.15, 0.2) is 10.9 Å². The summed E-state index contributed by atoms with van der Waals surface area (Å²) in [5, 5.41) is 5.32. The summed E-state index contributed by atoms with van der Waals surface area (Å²) in [6.45, 7) is 0.705. The van der Waals surface area contributed by atoms with Crippen molar-refractivity contribution < 1.29 is 0 Å². The number of nitrogens with zero attached hydrogens (tertiary/aromatic N) is 5. The van der Waals surface area contributed by atoms with Crippen LogP contribution in [0.3, 0.4) is 0 Å². The molecule has 0 spiro atoms. The summed E-state index contributed by atoms with van der Waals surface area (Å²) in [6, 6.07) is 0. The minimum atomic E-state index is 0.185. The first kappa shape index (κ1) is 13.0. The van der Waals surface area contributed by atoms with Crippen LogP contribution in [0, 0.1) is 0 Å². The quantitative estimate of drug-likeness (QED) is 0.901. The van der Waals surface area contributed by atoms with E-state index in [0.29, 0.717) is 18.4 Å². The lowest BCUT2D eigenvalue weighted by molar-refractivity contribution is 0.918. The highest BCUT2D eigenvalue weighted by molar-refractivity contribution is 7.07. The summed E-state index contributed by atoms with van der Waals surface area (Å²) < 4.78 is 0. The molecule has 0 aliphatic carbocycles. The fourth-order valence-corrected chi connectivity index (χ4v) is 2.03. The maximum absolute atomic E-state index is 5.83. The summed E-state index contributed by atoms with van der Waals surface area (Å²) in [7, 11) is 3.70. The summed E-state index contributed by atoms with van der Waals surface area (Å²) in [5.41, 5.74) is 2.87. The molecule has 0 atom stereocenters. The molecule has 6 nitrogen and oxygen atoms in total. The molecule has 96 valence electrons. The molecule has 0 saturated heterocycles. The Labute approximate surface area is 114 Å². The normalized spacial score (nSPS) is 10.4. The number of thiazole rings is 1. The van der Waals surface area contributed by atoms with Crippen molar-refractivity contribution in [3.8, 4) is 0 Å². The average Bonchev–Trinajstić information content (AvgIpc) is 2.81. The molecule has 2 aromatic rings. The van der Waals surface area contributed by atoms with Crippen molar-refractivity contribution in [1.82, 2.24) is 19.9 Å². The van der Waals surface area contributed by atoms with Crippen LogP contribution >= 0.6 is 22.9 Å². The molecular weight excluding hydrogens is 272 g/mol. The van der Waals surface area contributed by atoms with Crippen molar-refractivity contribution in [1.29, 1.82) is 0 Å². The Hall–Kier alpha value is -1.47. The van der Waals surface area contributed by atoms with E-state index in [1.807, 2.05) is 25.0 Å². The molecule has 0 unspecified atom stereocenters. The Morgan fingerprint density at radius 3 is 2.83 bits per heavy atom. The number of rotatable bonds is 5. The van der Waals surface area contributed by atoms with Gasteiger partial charge in [-0.3, -0.25) is 0 Å². The van der Waals surface area contributed by atoms with Crippen LogP contribution in [-0.4, -0.2) is 40.6 Å².